The molecule has 0 aromatic rings. The lowest BCUT2D eigenvalue weighted by atomic mass is 10.1. The molecule has 0 saturated heterocycles. The van der Waals surface area contributed by atoms with Gasteiger partial charge < -0.3 is 14.2 Å². The van der Waals surface area contributed by atoms with Gasteiger partial charge in [0, 0.05) is 19.3 Å². The maximum absolute atomic E-state index is 12.9. The molecule has 75 heavy (non-hydrogen) atoms. The van der Waals surface area contributed by atoms with Crippen molar-refractivity contribution in [2.45, 2.75) is 284 Å². The molecule has 0 spiro atoms. The van der Waals surface area contributed by atoms with Gasteiger partial charge in [0.2, 0.25) is 0 Å². The smallest absolute Gasteiger partial charge is 0.306 e. The van der Waals surface area contributed by atoms with Gasteiger partial charge in [0.25, 0.3) is 0 Å². The molecular weight excluding hydrogens is 925 g/mol. The highest BCUT2D eigenvalue weighted by molar-refractivity contribution is 5.71. The molecule has 0 amide bonds. The topological polar surface area (TPSA) is 78.9 Å². The van der Waals surface area contributed by atoms with Crippen molar-refractivity contribution in [3.8, 4) is 0 Å². The number of allylic oxidation sites excluding steroid dienone is 20. The molecule has 6 heteroatoms. The summed E-state index contributed by atoms with van der Waals surface area (Å²) in [4.78, 5) is 38.3. The molecule has 0 aliphatic rings. The summed E-state index contributed by atoms with van der Waals surface area (Å²) in [6.45, 7) is 6.45. The van der Waals surface area contributed by atoms with E-state index in [9.17, 15) is 14.4 Å². The van der Waals surface area contributed by atoms with Crippen LogP contribution in [0.15, 0.2) is 122 Å². The number of carbonyl (C=O) groups is 3. The summed E-state index contributed by atoms with van der Waals surface area (Å²) in [5.41, 5.74) is 0. The van der Waals surface area contributed by atoms with E-state index in [1.165, 1.54) is 96.3 Å². The van der Waals surface area contributed by atoms with Crippen molar-refractivity contribution < 1.29 is 28.6 Å². The first kappa shape index (κ1) is 70.8. The zero-order valence-electron chi connectivity index (χ0n) is 48.8. The van der Waals surface area contributed by atoms with E-state index in [1.807, 2.05) is 0 Å². The quantitative estimate of drug-likeness (QED) is 0.0261. The van der Waals surface area contributed by atoms with Gasteiger partial charge in [-0.1, -0.05) is 245 Å². The number of unbranched alkanes of at least 4 members (excludes halogenated alkanes) is 24. The largest absolute Gasteiger partial charge is 0.462 e. The fraction of sp³-hybridized carbons (Fsp3) is 0.667. The number of carbonyl (C=O) groups excluding carboxylic acids is 3. The summed E-state index contributed by atoms with van der Waals surface area (Å²) in [6.07, 6.45) is 86.1. The Balaban J connectivity index is 4.46. The van der Waals surface area contributed by atoms with Crippen molar-refractivity contribution in [1.29, 1.82) is 0 Å². The highest BCUT2D eigenvalue weighted by Gasteiger charge is 2.19. The molecule has 0 rings (SSSR count). The summed E-state index contributed by atoms with van der Waals surface area (Å²) in [7, 11) is 0. The molecular formula is C69H114O6. The second kappa shape index (κ2) is 62.4. The number of rotatable bonds is 55. The van der Waals surface area contributed by atoms with E-state index in [0.29, 0.717) is 19.3 Å². The summed E-state index contributed by atoms with van der Waals surface area (Å²) >= 11 is 0. The first-order valence-electron chi connectivity index (χ1n) is 31.0. The van der Waals surface area contributed by atoms with Crippen LogP contribution in [0.4, 0.5) is 0 Å². The van der Waals surface area contributed by atoms with Crippen molar-refractivity contribution >= 4 is 17.9 Å². The molecule has 426 valence electrons. The van der Waals surface area contributed by atoms with E-state index in [2.05, 4.69) is 142 Å². The van der Waals surface area contributed by atoms with E-state index in [-0.39, 0.29) is 31.1 Å². The molecule has 0 bridgehead atoms. The second-order valence-electron chi connectivity index (χ2n) is 20.2. The predicted octanol–water partition coefficient (Wildman–Crippen LogP) is 21.2. The second-order valence-corrected chi connectivity index (χ2v) is 20.2. The fourth-order valence-electron chi connectivity index (χ4n) is 8.27. The minimum atomic E-state index is -0.802. The Morgan fingerprint density at radius 1 is 0.280 bits per heavy atom. The molecule has 1 unspecified atom stereocenters. The van der Waals surface area contributed by atoms with Crippen LogP contribution in [0.5, 0.6) is 0 Å². The van der Waals surface area contributed by atoms with Gasteiger partial charge in [-0.3, -0.25) is 14.4 Å². The number of ether oxygens (including phenoxy) is 3. The molecule has 0 aromatic carbocycles. The van der Waals surface area contributed by atoms with E-state index >= 15 is 0 Å². The molecule has 0 aromatic heterocycles. The van der Waals surface area contributed by atoms with Crippen molar-refractivity contribution in [2.75, 3.05) is 13.2 Å². The summed E-state index contributed by atoms with van der Waals surface area (Å²) < 4.78 is 16.9. The monoisotopic (exact) mass is 1040 g/mol. The maximum Gasteiger partial charge on any atom is 0.306 e. The summed E-state index contributed by atoms with van der Waals surface area (Å²) in [6, 6.07) is 0. The van der Waals surface area contributed by atoms with Gasteiger partial charge in [-0.25, -0.2) is 0 Å². The van der Waals surface area contributed by atoms with Crippen LogP contribution < -0.4 is 0 Å². The Morgan fingerprint density at radius 3 is 0.813 bits per heavy atom. The summed E-state index contributed by atoms with van der Waals surface area (Å²) in [5, 5.41) is 0. The van der Waals surface area contributed by atoms with E-state index in [0.717, 1.165) is 141 Å². The van der Waals surface area contributed by atoms with Crippen molar-refractivity contribution in [3.05, 3.63) is 122 Å². The molecule has 0 aliphatic carbocycles. The summed E-state index contributed by atoms with van der Waals surface area (Å²) in [5.74, 6) is -0.937. The highest BCUT2D eigenvalue weighted by Crippen LogP contribution is 2.15. The van der Waals surface area contributed by atoms with Crippen molar-refractivity contribution in [2.24, 2.45) is 0 Å². The zero-order chi connectivity index (χ0) is 54.3. The minimum Gasteiger partial charge on any atom is -0.462 e. The Morgan fingerprint density at radius 2 is 0.520 bits per heavy atom. The van der Waals surface area contributed by atoms with Crippen LogP contribution in [0.25, 0.3) is 0 Å². The van der Waals surface area contributed by atoms with Crippen molar-refractivity contribution in [3.63, 3.8) is 0 Å². The Hall–Kier alpha value is -4.19. The molecule has 0 fully saturated rings. The van der Waals surface area contributed by atoms with Crippen LogP contribution >= 0.6 is 0 Å². The highest BCUT2D eigenvalue weighted by atomic mass is 16.6. The number of hydrogen-bond acceptors (Lipinski definition) is 6. The molecule has 6 nitrogen and oxygen atoms in total. The third-order valence-electron chi connectivity index (χ3n) is 12.9. The first-order chi connectivity index (χ1) is 37.0. The SMILES string of the molecule is CC/C=C\C/C=C\C/C=C\C/C=C\C/C=C\C/C=C\CCCCCCC(=O)OCC(COC(=O)CCCCCCC/C=C\C/C=C\CCCCC)OC(=O)CCCCCCCCCCC/C=C\C/C=C\CCCCC. The average Bonchev–Trinajstić information content (AvgIpc) is 3.41. The number of esters is 3. The fourth-order valence-corrected chi connectivity index (χ4v) is 8.27. The van der Waals surface area contributed by atoms with Crippen LogP contribution in [0, 0.1) is 0 Å². The van der Waals surface area contributed by atoms with Crippen LogP contribution in [0.2, 0.25) is 0 Å². The van der Waals surface area contributed by atoms with Crippen molar-refractivity contribution in [1.82, 2.24) is 0 Å². The number of hydrogen-bond donors (Lipinski definition) is 0. The van der Waals surface area contributed by atoms with Gasteiger partial charge in [-0.05, 0) is 135 Å². The molecule has 0 radical (unpaired) electrons. The Bertz CT molecular complexity index is 1570. The maximum atomic E-state index is 12.9. The Labute approximate surface area is 462 Å². The lowest BCUT2D eigenvalue weighted by Gasteiger charge is -2.18. The predicted molar refractivity (Wildman–Crippen MR) is 325 cm³/mol. The van der Waals surface area contributed by atoms with Gasteiger partial charge in [0.05, 0.1) is 0 Å². The van der Waals surface area contributed by atoms with Gasteiger partial charge >= 0.3 is 17.9 Å². The van der Waals surface area contributed by atoms with Gasteiger partial charge in [0.15, 0.2) is 6.10 Å². The third-order valence-corrected chi connectivity index (χ3v) is 12.9. The van der Waals surface area contributed by atoms with Crippen LogP contribution in [-0.2, 0) is 28.6 Å². The lowest BCUT2D eigenvalue weighted by molar-refractivity contribution is -0.167. The first-order valence-corrected chi connectivity index (χ1v) is 31.0. The van der Waals surface area contributed by atoms with Gasteiger partial charge in [-0.2, -0.15) is 0 Å². The van der Waals surface area contributed by atoms with E-state index < -0.39 is 6.10 Å². The molecule has 1 atom stereocenters. The minimum absolute atomic E-state index is 0.0977. The Kier molecular flexibility index (Phi) is 58.9. The van der Waals surface area contributed by atoms with Crippen LogP contribution in [0.1, 0.15) is 278 Å². The van der Waals surface area contributed by atoms with Crippen LogP contribution in [-0.4, -0.2) is 37.2 Å². The van der Waals surface area contributed by atoms with E-state index in [1.54, 1.807) is 0 Å². The van der Waals surface area contributed by atoms with Gasteiger partial charge in [-0.15, -0.1) is 0 Å². The van der Waals surface area contributed by atoms with Crippen LogP contribution in [0.3, 0.4) is 0 Å². The van der Waals surface area contributed by atoms with E-state index in [4.69, 9.17) is 14.2 Å². The average molecular weight is 1040 g/mol. The van der Waals surface area contributed by atoms with Gasteiger partial charge in [0.1, 0.15) is 13.2 Å². The molecule has 0 heterocycles. The molecule has 0 aliphatic heterocycles. The molecule has 0 N–H and O–H groups in total. The lowest BCUT2D eigenvalue weighted by Crippen LogP contribution is -2.30. The standard InChI is InChI=1S/C69H114O6/c1-4-7-10-13-16-19-22-25-28-30-32-33-34-35-37-38-41-44-47-50-53-56-59-62-68(71)74-65-66(64-73-67(70)61-58-55-52-49-46-43-40-27-24-21-18-15-12-9-6-3)75-69(72)63-60-57-54-51-48-45-42-39-36-31-29-26-23-20-17-14-11-8-5-2/h7,10,16-21,25-29,32-33,35,37,40-41,44,66H,4-6,8-9,11-15,22-24,30-31,34,36,38-39,42-43,45-65H2,1-3H3/b10-7-,19-16-,20-17-,21-18-,28-25-,29-26-,33-32-,37-35-,40-27-,44-41-. The molecule has 0 saturated carbocycles. The third kappa shape index (κ3) is 60.6. The zero-order valence-corrected chi connectivity index (χ0v) is 48.8. The normalized spacial score (nSPS) is 12.9.